The van der Waals surface area contributed by atoms with Gasteiger partial charge >= 0.3 is 0 Å². The van der Waals surface area contributed by atoms with Crippen molar-refractivity contribution in [1.82, 2.24) is 4.98 Å². The lowest BCUT2D eigenvalue weighted by atomic mass is 10.2. The molecule has 2 N–H and O–H groups in total. The number of nitrogens with zero attached hydrogens (tertiary/aromatic N) is 1. The minimum Gasteiger partial charge on any atom is -0.487 e. The number of benzene rings is 1. The molecule has 0 spiro atoms. The Balaban J connectivity index is 2.02. The van der Waals surface area contributed by atoms with Crippen molar-refractivity contribution in [3.8, 4) is 5.75 Å². The highest BCUT2D eigenvalue weighted by molar-refractivity contribution is 9.10. The summed E-state index contributed by atoms with van der Waals surface area (Å²) in [6, 6.07) is 9.72. The number of nitrogen functional groups attached to an aromatic ring is 1. The van der Waals surface area contributed by atoms with Gasteiger partial charge in [0.15, 0.2) is 0 Å². The van der Waals surface area contributed by atoms with Crippen LogP contribution >= 0.6 is 15.9 Å². The van der Waals surface area contributed by atoms with Gasteiger partial charge in [0.05, 0.1) is 11.9 Å². The van der Waals surface area contributed by atoms with Crippen LogP contribution in [0.4, 0.5) is 5.69 Å². The summed E-state index contributed by atoms with van der Waals surface area (Å²) in [4.78, 5) is 3.90. The Kier molecular flexibility index (Phi) is 3.41. The van der Waals surface area contributed by atoms with Crippen LogP contribution < -0.4 is 10.5 Å². The fraction of sp³-hybridized carbons (Fsp3) is 0.0833. The van der Waals surface area contributed by atoms with Crippen LogP contribution in [0.1, 0.15) is 5.56 Å². The lowest BCUT2D eigenvalue weighted by Gasteiger charge is -2.08. The largest absolute Gasteiger partial charge is 0.487 e. The first-order valence-corrected chi connectivity index (χ1v) is 5.62. The smallest absolute Gasteiger partial charge is 0.145 e. The van der Waals surface area contributed by atoms with Crippen LogP contribution in [0.25, 0.3) is 0 Å². The van der Waals surface area contributed by atoms with Gasteiger partial charge in [0.2, 0.25) is 0 Å². The van der Waals surface area contributed by atoms with Crippen molar-refractivity contribution in [3.63, 3.8) is 0 Å². The molecule has 2 rings (SSSR count). The van der Waals surface area contributed by atoms with E-state index >= 15 is 0 Å². The van der Waals surface area contributed by atoms with Crippen LogP contribution in [-0.2, 0) is 6.61 Å². The summed E-state index contributed by atoms with van der Waals surface area (Å²) in [6.07, 6.45) is 3.24. The summed E-state index contributed by atoms with van der Waals surface area (Å²) in [5.74, 6) is 0.665. The molecule has 1 aromatic heterocycles. The number of aromatic nitrogens is 1. The van der Waals surface area contributed by atoms with Gasteiger partial charge in [0.25, 0.3) is 0 Å². The lowest BCUT2D eigenvalue weighted by Crippen LogP contribution is -1.98. The fourth-order valence-corrected chi connectivity index (χ4v) is 1.53. The van der Waals surface area contributed by atoms with Crippen molar-refractivity contribution in [1.29, 1.82) is 0 Å². The summed E-state index contributed by atoms with van der Waals surface area (Å²) < 4.78 is 6.64. The SMILES string of the molecule is Nc1cnccc1OCc1ccc(Br)cc1. The Morgan fingerprint density at radius 1 is 1.19 bits per heavy atom. The minimum absolute atomic E-state index is 0.501. The molecule has 3 nitrogen and oxygen atoms in total. The first-order valence-electron chi connectivity index (χ1n) is 4.82. The molecule has 0 aliphatic heterocycles. The Hall–Kier alpha value is -1.55. The summed E-state index contributed by atoms with van der Waals surface area (Å²) in [6.45, 7) is 0.501. The zero-order chi connectivity index (χ0) is 11.4. The number of halogens is 1. The Morgan fingerprint density at radius 3 is 2.62 bits per heavy atom. The molecule has 1 aromatic carbocycles. The van der Waals surface area contributed by atoms with Gasteiger partial charge in [-0.05, 0) is 17.7 Å². The average Bonchev–Trinajstić information content (AvgIpc) is 2.30. The number of ether oxygens (including phenoxy) is 1. The van der Waals surface area contributed by atoms with E-state index in [4.69, 9.17) is 10.5 Å². The average molecular weight is 279 g/mol. The molecule has 16 heavy (non-hydrogen) atoms. The topological polar surface area (TPSA) is 48.1 Å². The maximum absolute atomic E-state index is 5.71. The predicted molar refractivity (Wildman–Crippen MR) is 67.1 cm³/mol. The zero-order valence-corrected chi connectivity index (χ0v) is 10.1. The second kappa shape index (κ2) is 4.99. The van der Waals surface area contributed by atoms with Crippen molar-refractivity contribution in [2.24, 2.45) is 0 Å². The summed E-state index contributed by atoms with van der Waals surface area (Å²) >= 11 is 3.38. The van der Waals surface area contributed by atoms with Crippen LogP contribution in [0.3, 0.4) is 0 Å². The Morgan fingerprint density at radius 2 is 1.94 bits per heavy atom. The number of hydrogen-bond donors (Lipinski definition) is 1. The van der Waals surface area contributed by atoms with Crippen molar-refractivity contribution < 1.29 is 4.74 Å². The van der Waals surface area contributed by atoms with Crippen LogP contribution in [0.5, 0.6) is 5.75 Å². The highest BCUT2D eigenvalue weighted by atomic mass is 79.9. The third kappa shape index (κ3) is 2.73. The van der Waals surface area contributed by atoms with E-state index in [2.05, 4.69) is 20.9 Å². The molecule has 0 aliphatic rings. The van der Waals surface area contributed by atoms with E-state index in [0.29, 0.717) is 18.0 Å². The summed E-state index contributed by atoms with van der Waals surface area (Å²) in [7, 11) is 0. The molecule has 0 saturated carbocycles. The van der Waals surface area contributed by atoms with E-state index in [1.165, 1.54) is 0 Å². The van der Waals surface area contributed by atoms with Gasteiger partial charge < -0.3 is 10.5 Å². The molecule has 0 radical (unpaired) electrons. The van der Waals surface area contributed by atoms with Gasteiger partial charge in [-0.1, -0.05) is 28.1 Å². The number of rotatable bonds is 3. The maximum Gasteiger partial charge on any atom is 0.145 e. The molecule has 0 saturated heterocycles. The number of anilines is 1. The standard InChI is InChI=1S/C12H11BrN2O/c13-10-3-1-9(2-4-10)8-16-12-5-6-15-7-11(12)14/h1-7H,8,14H2. The van der Waals surface area contributed by atoms with Gasteiger partial charge in [-0.25, -0.2) is 0 Å². The summed E-state index contributed by atoms with van der Waals surface area (Å²) in [5.41, 5.74) is 7.37. The van der Waals surface area contributed by atoms with Crippen LogP contribution in [0, 0.1) is 0 Å². The number of hydrogen-bond acceptors (Lipinski definition) is 3. The monoisotopic (exact) mass is 278 g/mol. The highest BCUT2D eigenvalue weighted by Crippen LogP contribution is 2.20. The second-order valence-electron chi connectivity index (χ2n) is 3.33. The van der Waals surface area contributed by atoms with E-state index in [9.17, 15) is 0 Å². The molecule has 0 unspecified atom stereocenters. The first kappa shape index (κ1) is 11.0. The molecular weight excluding hydrogens is 268 g/mol. The van der Waals surface area contributed by atoms with Crippen molar-refractivity contribution >= 4 is 21.6 Å². The van der Waals surface area contributed by atoms with Crippen molar-refractivity contribution in [3.05, 3.63) is 52.8 Å². The molecule has 1 heterocycles. The predicted octanol–water partition coefficient (Wildman–Crippen LogP) is 3.01. The minimum atomic E-state index is 0.501. The van der Waals surface area contributed by atoms with E-state index in [1.807, 2.05) is 24.3 Å². The van der Waals surface area contributed by atoms with E-state index < -0.39 is 0 Å². The lowest BCUT2D eigenvalue weighted by molar-refractivity contribution is 0.307. The van der Waals surface area contributed by atoms with Crippen LogP contribution in [0.15, 0.2) is 47.2 Å². The van der Waals surface area contributed by atoms with Crippen LogP contribution in [-0.4, -0.2) is 4.98 Å². The van der Waals surface area contributed by atoms with E-state index in [-0.39, 0.29) is 0 Å². The van der Waals surface area contributed by atoms with Gasteiger partial charge in [0, 0.05) is 16.7 Å². The van der Waals surface area contributed by atoms with Crippen molar-refractivity contribution in [2.45, 2.75) is 6.61 Å². The normalized spacial score (nSPS) is 10.1. The Bertz CT molecular complexity index is 471. The molecule has 0 bridgehead atoms. The van der Waals surface area contributed by atoms with E-state index in [0.717, 1.165) is 10.0 Å². The number of nitrogens with two attached hydrogens (primary N) is 1. The third-order valence-corrected chi connectivity index (χ3v) is 2.65. The number of pyridine rings is 1. The van der Waals surface area contributed by atoms with Gasteiger partial charge in [-0.2, -0.15) is 0 Å². The van der Waals surface area contributed by atoms with Crippen molar-refractivity contribution in [2.75, 3.05) is 5.73 Å². The molecule has 0 amide bonds. The zero-order valence-electron chi connectivity index (χ0n) is 8.56. The fourth-order valence-electron chi connectivity index (χ4n) is 1.27. The molecule has 82 valence electrons. The molecule has 0 fully saturated rings. The maximum atomic E-state index is 5.71. The molecule has 4 heteroatoms. The third-order valence-electron chi connectivity index (χ3n) is 2.12. The molecule has 0 atom stereocenters. The van der Waals surface area contributed by atoms with Gasteiger partial charge in [-0.3, -0.25) is 4.98 Å². The highest BCUT2D eigenvalue weighted by Gasteiger charge is 1.99. The molecule has 0 aliphatic carbocycles. The molecular formula is C12H11BrN2O. The van der Waals surface area contributed by atoms with Gasteiger partial charge in [-0.15, -0.1) is 0 Å². The first-order chi connectivity index (χ1) is 7.75. The van der Waals surface area contributed by atoms with E-state index in [1.54, 1.807) is 18.5 Å². The molecule has 2 aromatic rings. The quantitative estimate of drug-likeness (QED) is 0.939. The summed E-state index contributed by atoms with van der Waals surface area (Å²) in [5, 5.41) is 0. The van der Waals surface area contributed by atoms with Crippen LogP contribution in [0.2, 0.25) is 0 Å². The van der Waals surface area contributed by atoms with Gasteiger partial charge in [0.1, 0.15) is 12.4 Å². The second-order valence-corrected chi connectivity index (χ2v) is 4.24. The Labute approximate surface area is 102 Å².